The van der Waals surface area contributed by atoms with Crippen molar-refractivity contribution in [1.82, 2.24) is 5.32 Å². The van der Waals surface area contributed by atoms with Crippen LogP contribution >= 0.6 is 0 Å². The van der Waals surface area contributed by atoms with Crippen LogP contribution in [0.2, 0.25) is 0 Å². The molecule has 0 atom stereocenters. The van der Waals surface area contributed by atoms with E-state index in [1.807, 2.05) is 13.8 Å². The van der Waals surface area contributed by atoms with E-state index in [1.54, 1.807) is 0 Å². The lowest BCUT2D eigenvalue weighted by Crippen LogP contribution is -2.20. The molecule has 0 aliphatic rings. The van der Waals surface area contributed by atoms with Crippen LogP contribution in [0.3, 0.4) is 0 Å². The zero-order valence-electron chi connectivity index (χ0n) is 8.18. The van der Waals surface area contributed by atoms with Gasteiger partial charge in [-0.15, -0.1) is 12.2 Å². The summed E-state index contributed by atoms with van der Waals surface area (Å²) in [5.41, 5.74) is 4.07. The third-order valence-corrected chi connectivity index (χ3v) is 1.63. The van der Waals surface area contributed by atoms with E-state index in [4.69, 9.17) is 6.42 Å². The van der Waals surface area contributed by atoms with Crippen LogP contribution in [-0.2, 0) is 4.79 Å². The Balaban J connectivity index is 4.16. The monoisotopic (exact) mass is 177 g/mol. The first kappa shape index (κ1) is 11.6. The Morgan fingerprint density at radius 1 is 1.46 bits per heavy atom. The zero-order valence-corrected chi connectivity index (χ0v) is 8.18. The molecule has 0 aliphatic heterocycles. The molecule has 13 heavy (non-hydrogen) atoms. The van der Waals surface area contributed by atoms with E-state index in [9.17, 15) is 4.79 Å². The largest absolute Gasteiger partial charge is 0.341 e. The van der Waals surface area contributed by atoms with E-state index >= 15 is 0 Å². The second-order valence-corrected chi connectivity index (χ2v) is 2.52. The first-order valence-electron chi connectivity index (χ1n) is 4.40. The normalized spacial score (nSPS) is 8.08. The van der Waals surface area contributed by atoms with Crippen LogP contribution in [-0.4, -0.2) is 12.5 Å². The maximum Gasteiger partial charge on any atom is 0.252 e. The quantitative estimate of drug-likeness (QED) is 0.395. The fraction of sp³-hybridized carbons (Fsp3) is 0.455. The zero-order chi connectivity index (χ0) is 10.1. The minimum absolute atomic E-state index is 0.183. The summed E-state index contributed by atoms with van der Waals surface area (Å²) in [4.78, 5) is 11.0. The van der Waals surface area contributed by atoms with E-state index in [1.165, 1.54) is 6.08 Å². The number of carbonyl (C=O) groups excluding carboxylic acids is 1. The van der Waals surface area contributed by atoms with Gasteiger partial charge in [0.1, 0.15) is 0 Å². The molecule has 0 aromatic carbocycles. The number of terminal acetylenes is 1. The van der Waals surface area contributed by atoms with Gasteiger partial charge in [0.2, 0.25) is 0 Å². The number of nitrogens with one attached hydrogen (secondary N) is 1. The van der Waals surface area contributed by atoms with Crippen molar-refractivity contribution in [2.24, 2.45) is 0 Å². The third kappa shape index (κ3) is 5.78. The first-order valence-corrected chi connectivity index (χ1v) is 4.40. The highest BCUT2D eigenvalue weighted by Crippen LogP contribution is 2.01. The summed E-state index contributed by atoms with van der Waals surface area (Å²) < 4.78 is 0. The first-order chi connectivity index (χ1) is 6.24. The van der Waals surface area contributed by atoms with Gasteiger partial charge in [-0.05, 0) is 18.4 Å². The minimum atomic E-state index is -0.183. The maximum atomic E-state index is 11.0. The molecule has 0 saturated carbocycles. The van der Waals surface area contributed by atoms with E-state index < -0.39 is 0 Å². The molecule has 0 bridgehead atoms. The molecule has 0 spiro atoms. The average Bonchev–Trinajstić information content (AvgIpc) is 2.16. The van der Waals surface area contributed by atoms with Crippen LogP contribution in [0.15, 0.2) is 17.4 Å². The summed E-state index contributed by atoms with van der Waals surface area (Å²) in [6.07, 6.45) is 8.24. The van der Waals surface area contributed by atoms with Crippen molar-refractivity contribution in [3.8, 4) is 12.3 Å². The Hall–Kier alpha value is -1.45. The lowest BCUT2D eigenvalue weighted by atomic mass is 10.2. The van der Waals surface area contributed by atoms with Crippen LogP contribution in [0, 0.1) is 12.3 Å². The number of hydrogen-bond donors (Lipinski definition) is 1. The molecule has 0 radical (unpaired) electrons. The fourth-order valence-corrected chi connectivity index (χ4v) is 0.811. The van der Waals surface area contributed by atoms with Crippen molar-refractivity contribution in [3.63, 3.8) is 0 Å². The highest BCUT2D eigenvalue weighted by Gasteiger charge is 1.91. The summed E-state index contributed by atoms with van der Waals surface area (Å²) >= 11 is 0. The molecule has 1 amide bonds. The van der Waals surface area contributed by atoms with Crippen LogP contribution in [0.1, 0.15) is 26.7 Å². The molecule has 0 aromatic rings. The van der Waals surface area contributed by atoms with Gasteiger partial charge in [0, 0.05) is 6.08 Å². The topological polar surface area (TPSA) is 29.1 Å². The number of rotatable bonds is 4. The van der Waals surface area contributed by atoms with Gasteiger partial charge in [-0.2, -0.15) is 0 Å². The Morgan fingerprint density at radius 2 is 2.08 bits per heavy atom. The van der Waals surface area contributed by atoms with Gasteiger partial charge in [-0.1, -0.05) is 19.8 Å². The molecule has 0 saturated heterocycles. The maximum absolute atomic E-state index is 11.0. The van der Waals surface area contributed by atoms with Gasteiger partial charge >= 0.3 is 0 Å². The van der Waals surface area contributed by atoms with E-state index in [0.717, 1.165) is 18.4 Å². The van der Waals surface area contributed by atoms with Gasteiger partial charge in [0.05, 0.1) is 6.54 Å². The van der Waals surface area contributed by atoms with Crippen LogP contribution in [0.4, 0.5) is 0 Å². The van der Waals surface area contributed by atoms with Crippen molar-refractivity contribution in [1.29, 1.82) is 0 Å². The van der Waals surface area contributed by atoms with Crippen molar-refractivity contribution < 1.29 is 4.79 Å². The SMILES string of the molecule is C#CCNC(=O)C=C=C(CC)CC. The molecular weight excluding hydrogens is 162 g/mol. The smallest absolute Gasteiger partial charge is 0.252 e. The molecule has 0 aromatic heterocycles. The predicted molar refractivity (Wildman–Crippen MR) is 54.0 cm³/mol. The van der Waals surface area contributed by atoms with E-state index in [2.05, 4.69) is 17.0 Å². The molecule has 2 heteroatoms. The molecule has 0 rings (SSSR count). The van der Waals surface area contributed by atoms with Gasteiger partial charge in [0.15, 0.2) is 0 Å². The lowest BCUT2D eigenvalue weighted by molar-refractivity contribution is -0.116. The number of amides is 1. The van der Waals surface area contributed by atoms with Crippen LogP contribution in [0.25, 0.3) is 0 Å². The summed E-state index contributed by atoms with van der Waals surface area (Å²) in [5, 5.41) is 2.53. The molecule has 0 fully saturated rings. The minimum Gasteiger partial charge on any atom is -0.341 e. The Labute approximate surface area is 79.7 Å². The standard InChI is InChI=1S/C11H15NO/c1-4-9-12-11(13)8-7-10(5-2)6-3/h1,8H,5-6,9H2,2-3H3,(H,12,13). The van der Waals surface area contributed by atoms with Crippen molar-refractivity contribution in [2.45, 2.75) is 26.7 Å². The molecular formula is C11H15NO. The average molecular weight is 177 g/mol. The number of carbonyl (C=O) groups is 1. The highest BCUT2D eigenvalue weighted by atomic mass is 16.1. The Morgan fingerprint density at radius 3 is 2.54 bits per heavy atom. The molecule has 0 heterocycles. The summed E-state index contributed by atoms with van der Waals surface area (Å²) in [5.74, 6) is 2.14. The highest BCUT2D eigenvalue weighted by molar-refractivity contribution is 5.87. The molecule has 70 valence electrons. The van der Waals surface area contributed by atoms with Crippen molar-refractivity contribution in [2.75, 3.05) is 6.54 Å². The summed E-state index contributed by atoms with van der Waals surface area (Å²) in [7, 11) is 0. The van der Waals surface area contributed by atoms with Gasteiger partial charge in [0.25, 0.3) is 5.91 Å². The predicted octanol–water partition coefficient (Wildman–Crippen LogP) is 1.64. The molecule has 0 aliphatic carbocycles. The van der Waals surface area contributed by atoms with Gasteiger partial charge in [-0.3, -0.25) is 4.79 Å². The van der Waals surface area contributed by atoms with Crippen molar-refractivity contribution >= 4 is 5.91 Å². The van der Waals surface area contributed by atoms with E-state index in [0.29, 0.717) is 0 Å². The second-order valence-electron chi connectivity index (χ2n) is 2.52. The number of hydrogen-bond acceptors (Lipinski definition) is 1. The third-order valence-electron chi connectivity index (χ3n) is 1.63. The van der Waals surface area contributed by atoms with E-state index in [-0.39, 0.29) is 12.5 Å². The van der Waals surface area contributed by atoms with Crippen LogP contribution in [0.5, 0.6) is 0 Å². The van der Waals surface area contributed by atoms with Gasteiger partial charge in [-0.25, -0.2) is 0 Å². The lowest BCUT2D eigenvalue weighted by Gasteiger charge is -1.94. The molecule has 0 unspecified atom stereocenters. The summed E-state index contributed by atoms with van der Waals surface area (Å²) in [6, 6.07) is 0. The molecule has 2 nitrogen and oxygen atoms in total. The van der Waals surface area contributed by atoms with Crippen LogP contribution < -0.4 is 5.32 Å². The fourth-order valence-electron chi connectivity index (χ4n) is 0.811. The Bertz CT molecular complexity index is 258. The summed E-state index contributed by atoms with van der Waals surface area (Å²) in [6.45, 7) is 4.35. The van der Waals surface area contributed by atoms with Gasteiger partial charge < -0.3 is 5.32 Å². The Kier molecular flexibility index (Phi) is 6.41. The second kappa shape index (κ2) is 7.21. The van der Waals surface area contributed by atoms with Crippen molar-refractivity contribution in [3.05, 3.63) is 17.4 Å². The molecule has 1 N–H and O–H groups in total.